The molecule has 0 bridgehead atoms. The summed E-state index contributed by atoms with van der Waals surface area (Å²) in [6, 6.07) is 16.0. The maximum Gasteiger partial charge on any atom is 0.258 e. The molecule has 1 amide bonds. The van der Waals surface area contributed by atoms with E-state index in [0.717, 1.165) is 0 Å². The maximum atomic E-state index is 15.0. The Morgan fingerprint density at radius 3 is 2.25 bits per heavy atom. The molecule has 0 saturated carbocycles. The second-order valence-electron chi connectivity index (χ2n) is 8.25. The Morgan fingerprint density at radius 2 is 1.67 bits per heavy atom. The fourth-order valence-electron chi connectivity index (χ4n) is 4.23. The van der Waals surface area contributed by atoms with Gasteiger partial charge in [-0.25, -0.2) is 18.7 Å². The van der Waals surface area contributed by atoms with Crippen LogP contribution in [0.25, 0.3) is 11.0 Å². The van der Waals surface area contributed by atoms with Crippen molar-refractivity contribution in [2.45, 2.75) is 19.1 Å². The summed E-state index contributed by atoms with van der Waals surface area (Å²) in [5.41, 5.74) is -1.33. The number of nitrogens with one attached hydrogen (secondary N) is 1. The number of amides is 1. The molecule has 0 fully saturated rings. The summed E-state index contributed by atoms with van der Waals surface area (Å²) in [6.07, 6.45) is 1.51. The first-order valence-corrected chi connectivity index (χ1v) is 11.2. The third-order valence-corrected chi connectivity index (χ3v) is 6.08. The molecule has 5 aromatic rings. The zero-order valence-corrected chi connectivity index (χ0v) is 19.5. The van der Waals surface area contributed by atoms with Crippen LogP contribution in [-0.4, -0.2) is 35.3 Å². The van der Waals surface area contributed by atoms with Crippen LogP contribution >= 0.6 is 0 Å². The van der Waals surface area contributed by atoms with Gasteiger partial charge in [0.2, 0.25) is 5.95 Å². The van der Waals surface area contributed by atoms with E-state index in [0.29, 0.717) is 23.1 Å². The van der Waals surface area contributed by atoms with Crippen LogP contribution in [0.5, 0.6) is 0 Å². The highest BCUT2D eigenvalue weighted by atomic mass is 19.1. The molecule has 2 N–H and O–H groups in total. The predicted molar refractivity (Wildman–Crippen MR) is 129 cm³/mol. The number of imidazole rings is 1. The monoisotopic (exact) mass is 488 g/mol. The first-order chi connectivity index (χ1) is 17.3. The van der Waals surface area contributed by atoms with E-state index in [-0.39, 0.29) is 22.9 Å². The number of halogens is 2. The Bertz CT molecular complexity index is 1550. The van der Waals surface area contributed by atoms with Gasteiger partial charge in [-0.1, -0.05) is 36.4 Å². The first-order valence-electron chi connectivity index (χ1n) is 11.2. The Kier molecular flexibility index (Phi) is 5.81. The normalized spacial score (nSPS) is 11.7. The molecule has 5 rings (SSSR count). The number of fused-ring (bicyclic) bond motifs is 1. The van der Waals surface area contributed by atoms with Crippen molar-refractivity contribution in [3.8, 4) is 0 Å². The van der Waals surface area contributed by atoms with Gasteiger partial charge in [0.15, 0.2) is 11.4 Å². The number of hydrogen-bond donors (Lipinski definition) is 2. The summed E-state index contributed by atoms with van der Waals surface area (Å²) < 4.78 is 33.1. The minimum atomic E-state index is -2.25. The van der Waals surface area contributed by atoms with E-state index in [1.54, 1.807) is 42.1 Å². The number of hydrogen-bond acceptors (Lipinski definition) is 5. The zero-order chi connectivity index (χ0) is 25.4. The van der Waals surface area contributed by atoms with Crippen LogP contribution in [-0.2, 0) is 19.2 Å². The molecule has 0 saturated heterocycles. The van der Waals surface area contributed by atoms with Crippen LogP contribution in [0.15, 0.2) is 73.1 Å². The van der Waals surface area contributed by atoms with Crippen molar-refractivity contribution in [2.24, 2.45) is 7.05 Å². The lowest BCUT2D eigenvalue weighted by Crippen LogP contribution is -2.34. The van der Waals surface area contributed by atoms with E-state index < -0.39 is 23.1 Å². The molecule has 3 aromatic carbocycles. The van der Waals surface area contributed by atoms with Crippen molar-refractivity contribution in [1.82, 2.24) is 24.3 Å². The second kappa shape index (κ2) is 8.97. The molecule has 0 aliphatic heterocycles. The number of aliphatic hydroxyl groups is 1. The Balaban J connectivity index is 1.63. The van der Waals surface area contributed by atoms with Crippen molar-refractivity contribution in [2.75, 3.05) is 5.32 Å². The molecule has 36 heavy (non-hydrogen) atoms. The predicted octanol–water partition coefficient (Wildman–Crippen LogP) is 4.00. The van der Waals surface area contributed by atoms with Crippen LogP contribution in [0.3, 0.4) is 0 Å². The zero-order valence-electron chi connectivity index (χ0n) is 19.5. The van der Waals surface area contributed by atoms with E-state index >= 15 is 0 Å². The van der Waals surface area contributed by atoms with Gasteiger partial charge in [0.05, 0.1) is 11.0 Å². The average Bonchev–Trinajstić information content (AvgIpc) is 3.48. The number of aryl methyl sites for hydroxylation is 2. The average molecular weight is 488 g/mol. The van der Waals surface area contributed by atoms with Gasteiger partial charge in [0.1, 0.15) is 18.0 Å². The van der Waals surface area contributed by atoms with E-state index in [2.05, 4.69) is 20.4 Å². The van der Waals surface area contributed by atoms with Crippen molar-refractivity contribution < 1.29 is 18.7 Å². The molecular weight excluding hydrogens is 466 g/mol. The van der Waals surface area contributed by atoms with Gasteiger partial charge >= 0.3 is 0 Å². The molecule has 182 valence electrons. The molecule has 0 aliphatic rings. The van der Waals surface area contributed by atoms with E-state index in [1.807, 2.05) is 6.92 Å². The van der Waals surface area contributed by atoms with Crippen molar-refractivity contribution >= 4 is 22.9 Å². The molecule has 0 aliphatic carbocycles. The number of carbonyl (C=O) groups is 1. The molecule has 0 atom stereocenters. The highest BCUT2D eigenvalue weighted by molar-refractivity contribution is 6.05. The maximum absolute atomic E-state index is 15.0. The molecule has 2 aromatic heterocycles. The third-order valence-electron chi connectivity index (χ3n) is 6.08. The van der Waals surface area contributed by atoms with Gasteiger partial charge < -0.3 is 9.67 Å². The van der Waals surface area contributed by atoms with Gasteiger partial charge in [0.25, 0.3) is 5.91 Å². The summed E-state index contributed by atoms with van der Waals surface area (Å²) in [6.45, 7) is 2.51. The standard InChI is InChI=1S/C26H22F2N6O2/c1-3-34-15-29-25(32-34)31-23(35)16-12-13-21-22(14-16)33(2)24(30-21)26(36,17-8-4-6-10-19(17)27)18-9-5-7-11-20(18)28/h4-15,36H,3H2,1-2H3,(H,31,32,35). The van der Waals surface area contributed by atoms with Crippen LogP contribution in [0.1, 0.15) is 34.2 Å². The second-order valence-corrected chi connectivity index (χ2v) is 8.25. The lowest BCUT2D eigenvalue weighted by atomic mass is 9.84. The van der Waals surface area contributed by atoms with Gasteiger partial charge in [-0.3, -0.25) is 14.8 Å². The molecule has 0 unspecified atom stereocenters. The van der Waals surface area contributed by atoms with Crippen LogP contribution < -0.4 is 5.32 Å². The SMILES string of the molecule is CCn1cnc(NC(=O)c2ccc3nc(C(O)(c4ccccc4F)c4ccccc4F)n(C)c3c2)n1. The van der Waals surface area contributed by atoms with E-state index in [9.17, 15) is 18.7 Å². The topological polar surface area (TPSA) is 97.9 Å². The number of anilines is 1. The van der Waals surface area contributed by atoms with Crippen molar-refractivity contribution in [3.63, 3.8) is 0 Å². The summed E-state index contributed by atoms with van der Waals surface area (Å²) in [4.78, 5) is 21.4. The summed E-state index contributed by atoms with van der Waals surface area (Å²) in [7, 11) is 1.61. The highest BCUT2D eigenvalue weighted by Crippen LogP contribution is 2.39. The molecule has 2 heterocycles. The minimum absolute atomic E-state index is 0.00591. The van der Waals surface area contributed by atoms with Crippen LogP contribution in [0.2, 0.25) is 0 Å². The van der Waals surface area contributed by atoms with Gasteiger partial charge in [-0.15, -0.1) is 5.10 Å². The largest absolute Gasteiger partial charge is 0.373 e. The lowest BCUT2D eigenvalue weighted by molar-refractivity contribution is 0.102. The van der Waals surface area contributed by atoms with Crippen LogP contribution in [0.4, 0.5) is 14.7 Å². The Labute approximate surface area is 204 Å². The third kappa shape index (κ3) is 3.81. The highest BCUT2D eigenvalue weighted by Gasteiger charge is 2.42. The van der Waals surface area contributed by atoms with Gasteiger partial charge in [0, 0.05) is 30.3 Å². The lowest BCUT2D eigenvalue weighted by Gasteiger charge is -2.29. The molecule has 0 radical (unpaired) electrons. The van der Waals surface area contributed by atoms with Crippen molar-refractivity contribution in [3.05, 3.63) is 107 Å². The molecule has 8 nitrogen and oxygen atoms in total. The minimum Gasteiger partial charge on any atom is -0.373 e. The van der Waals surface area contributed by atoms with E-state index in [4.69, 9.17) is 0 Å². The van der Waals surface area contributed by atoms with Gasteiger partial charge in [-0.2, -0.15) is 0 Å². The first kappa shape index (κ1) is 23.3. The molecular formula is C26H22F2N6O2. The van der Waals surface area contributed by atoms with E-state index in [1.165, 1.54) is 47.3 Å². The number of nitrogens with zero attached hydrogens (tertiary/aromatic N) is 5. The Hall–Kier alpha value is -4.44. The van der Waals surface area contributed by atoms with Crippen LogP contribution in [0, 0.1) is 11.6 Å². The smallest absolute Gasteiger partial charge is 0.258 e. The number of rotatable bonds is 6. The molecule has 10 heteroatoms. The Morgan fingerprint density at radius 1 is 1.03 bits per heavy atom. The summed E-state index contributed by atoms with van der Waals surface area (Å²) in [5, 5.41) is 18.8. The summed E-state index contributed by atoms with van der Waals surface area (Å²) in [5.74, 6) is -1.70. The van der Waals surface area contributed by atoms with Gasteiger partial charge in [-0.05, 0) is 37.3 Å². The van der Waals surface area contributed by atoms with Crippen molar-refractivity contribution in [1.29, 1.82) is 0 Å². The number of benzene rings is 3. The number of carbonyl (C=O) groups excluding carboxylic acids is 1. The fraction of sp³-hybridized carbons (Fsp3) is 0.154. The fourth-order valence-corrected chi connectivity index (χ4v) is 4.23. The number of aromatic nitrogens is 5. The summed E-state index contributed by atoms with van der Waals surface area (Å²) >= 11 is 0. The quantitative estimate of drug-likeness (QED) is 0.377. The molecule has 0 spiro atoms.